The Bertz CT molecular complexity index is 299. The van der Waals surface area contributed by atoms with E-state index in [1.807, 2.05) is 0 Å². The third-order valence-electron chi connectivity index (χ3n) is 3.29. The van der Waals surface area contributed by atoms with Crippen LogP contribution in [0.4, 0.5) is 0 Å². The molecule has 96 valence electrons. The first kappa shape index (κ1) is 13.9. The van der Waals surface area contributed by atoms with E-state index in [0.717, 1.165) is 19.0 Å². The van der Waals surface area contributed by atoms with Gasteiger partial charge in [0.2, 0.25) is 0 Å². The van der Waals surface area contributed by atoms with Gasteiger partial charge >= 0.3 is 0 Å². The molecule has 1 saturated carbocycles. The molecule has 1 unspecified atom stereocenters. The lowest BCUT2D eigenvalue weighted by Crippen LogP contribution is -2.37. The molecule has 16 heavy (non-hydrogen) atoms. The standard InChI is InChI=1S/C11H24N2O2S/c1-10(11-4-5-11)13(2)8-6-12-7-9-16(3,14)15/h10-12H,4-9H2,1-3H3. The molecule has 5 heteroatoms. The second-order valence-corrected chi connectivity index (χ2v) is 7.20. The Labute approximate surface area is 99.3 Å². The zero-order valence-electron chi connectivity index (χ0n) is 10.6. The average Bonchev–Trinajstić information content (AvgIpc) is 2.97. The van der Waals surface area contributed by atoms with Crippen LogP contribution in [0.25, 0.3) is 0 Å². The highest BCUT2D eigenvalue weighted by atomic mass is 32.2. The van der Waals surface area contributed by atoms with E-state index in [1.54, 1.807) is 0 Å². The summed E-state index contributed by atoms with van der Waals surface area (Å²) in [7, 11) is -0.681. The van der Waals surface area contributed by atoms with Crippen molar-refractivity contribution in [2.45, 2.75) is 25.8 Å². The van der Waals surface area contributed by atoms with E-state index in [1.165, 1.54) is 19.1 Å². The Balaban J connectivity index is 2.02. The van der Waals surface area contributed by atoms with E-state index >= 15 is 0 Å². The lowest BCUT2D eigenvalue weighted by molar-refractivity contribution is 0.235. The molecule has 0 aliphatic heterocycles. The van der Waals surface area contributed by atoms with Crippen molar-refractivity contribution in [2.24, 2.45) is 5.92 Å². The Kier molecular flexibility index (Phi) is 5.21. The number of rotatable bonds is 8. The summed E-state index contributed by atoms with van der Waals surface area (Å²) >= 11 is 0. The molecule has 1 aliphatic rings. The summed E-state index contributed by atoms with van der Waals surface area (Å²) in [5.41, 5.74) is 0. The maximum atomic E-state index is 10.9. The van der Waals surface area contributed by atoms with Crippen LogP contribution >= 0.6 is 0 Å². The molecule has 1 aliphatic carbocycles. The Morgan fingerprint density at radius 1 is 1.38 bits per heavy atom. The van der Waals surface area contributed by atoms with E-state index in [0.29, 0.717) is 12.6 Å². The van der Waals surface area contributed by atoms with E-state index < -0.39 is 9.84 Å². The number of nitrogens with zero attached hydrogens (tertiary/aromatic N) is 1. The summed E-state index contributed by atoms with van der Waals surface area (Å²) in [6, 6.07) is 0.664. The molecule has 1 rings (SSSR count). The fraction of sp³-hybridized carbons (Fsp3) is 1.00. The number of nitrogens with one attached hydrogen (secondary N) is 1. The van der Waals surface area contributed by atoms with Gasteiger partial charge in [-0.1, -0.05) is 0 Å². The van der Waals surface area contributed by atoms with Crippen LogP contribution in [0.5, 0.6) is 0 Å². The average molecular weight is 248 g/mol. The lowest BCUT2D eigenvalue weighted by Gasteiger charge is -2.24. The van der Waals surface area contributed by atoms with Gasteiger partial charge in [-0.25, -0.2) is 8.42 Å². The molecular formula is C11H24N2O2S. The van der Waals surface area contributed by atoms with Crippen molar-refractivity contribution >= 4 is 9.84 Å². The molecule has 0 spiro atoms. The first-order chi connectivity index (χ1) is 7.40. The summed E-state index contributed by atoms with van der Waals surface area (Å²) in [6.45, 7) is 4.68. The van der Waals surface area contributed by atoms with Gasteiger partial charge in [-0.2, -0.15) is 0 Å². The second-order valence-electron chi connectivity index (χ2n) is 4.94. The third kappa shape index (κ3) is 5.82. The van der Waals surface area contributed by atoms with Crippen molar-refractivity contribution in [1.82, 2.24) is 10.2 Å². The summed E-state index contributed by atoms with van der Waals surface area (Å²) in [5.74, 6) is 1.12. The number of hydrogen-bond donors (Lipinski definition) is 1. The highest BCUT2D eigenvalue weighted by Crippen LogP contribution is 2.34. The van der Waals surface area contributed by atoms with Gasteiger partial charge in [0, 0.05) is 31.9 Å². The van der Waals surface area contributed by atoms with Crippen molar-refractivity contribution in [3.05, 3.63) is 0 Å². The number of likely N-dealkylation sites (N-methyl/N-ethyl adjacent to an activating group) is 1. The van der Waals surface area contributed by atoms with E-state index in [4.69, 9.17) is 0 Å². The largest absolute Gasteiger partial charge is 0.314 e. The van der Waals surface area contributed by atoms with Crippen LogP contribution in [-0.2, 0) is 9.84 Å². The number of hydrogen-bond acceptors (Lipinski definition) is 4. The topological polar surface area (TPSA) is 49.4 Å². The van der Waals surface area contributed by atoms with E-state index in [2.05, 4.69) is 24.2 Å². The van der Waals surface area contributed by atoms with Crippen LogP contribution in [0.15, 0.2) is 0 Å². The fourth-order valence-electron chi connectivity index (χ4n) is 1.78. The first-order valence-corrected chi connectivity index (χ1v) is 8.05. The molecule has 1 fully saturated rings. The van der Waals surface area contributed by atoms with E-state index in [-0.39, 0.29) is 5.75 Å². The van der Waals surface area contributed by atoms with Crippen LogP contribution in [-0.4, -0.2) is 58.1 Å². The SMILES string of the molecule is CC(C1CC1)N(C)CCNCCS(C)(=O)=O. The molecule has 0 heterocycles. The number of sulfone groups is 1. The van der Waals surface area contributed by atoms with Gasteiger partial charge in [0.15, 0.2) is 0 Å². The molecule has 0 saturated heterocycles. The molecule has 0 aromatic heterocycles. The van der Waals surface area contributed by atoms with Crippen LogP contribution in [0.2, 0.25) is 0 Å². The summed E-state index contributed by atoms with van der Waals surface area (Å²) in [4.78, 5) is 2.35. The van der Waals surface area contributed by atoms with E-state index in [9.17, 15) is 8.42 Å². The van der Waals surface area contributed by atoms with Gasteiger partial charge in [-0.3, -0.25) is 0 Å². The molecule has 0 radical (unpaired) electrons. The van der Waals surface area contributed by atoms with Crippen LogP contribution < -0.4 is 5.32 Å². The van der Waals surface area contributed by atoms with Crippen LogP contribution in [0, 0.1) is 5.92 Å². The fourth-order valence-corrected chi connectivity index (χ4v) is 2.30. The van der Waals surface area contributed by atoms with Crippen molar-refractivity contribution in [1.29, 1.82) is 0 Å². The molecule has 0 aromatic rings. The highest BCUT2D eigenvalue weighted by molar-refractivity contribution is 7.90. The monoisotopic (exact) mass is 248 g/mol. The van der Waals surface area contributed by atoms with Crippen molar-refractivity contribution in [2.75, 3.05) is 38.7 Å². The molecule has 0 bridgehead atoms. The minimum absolute atomic E-state index is 0.231. The van der Waals surface area contributed by atoms with Crippen molar-refractivity contribution in [3.63, 3.8) is 0 Å². The maximum Gasteiger partial charge on any atom is 0.148 e. The zero-order chi connectivity index (χ0) is 12.2. The zero-order valence-corrected chi connectivity index (χ0v) is 11.4. The molecule has 0 aromatic carbocycles. The minimum Gasteiger partial charge on any atom is -0.314 e. The first-order valence-electron chi connectivity index (χ1n) is 5.99. The van der Waals surface area contributed by atoms with Gasteiger partial charge in [-0.05, 0) is 32.7 Å². The Morgan fingerprint density at radius 3 is 2.50 bits per heavy atom. The lowest BCUT2D eigenvalue weighted by atomic mass is 10.2. The second kappa shape index (κ2) is 5.98. The molecular weight excluding hydrogens is 224 g/mol. The smallest absolute Gasteiger partial charge is 0.148 e. The normalized spacial score (nSPS) is 19.0. The molecule has 1 atom stereocenters. The van der Waals surface area contributed by atoms with Gasteiger partial charge in [0.05, 0.1) is 5.75 Å². The van der Waals surface area contributed by atoms with Crippen molar-refractivity contribution in [3.8, 4) is 0 Å². The summed E-state index contributed by atoms with van der Waals surface area (Å²) in [6.07, 6.45) is 4.01. The third-order valence-corrected chi connectivity index (χ3v) is 4.24. The quantitative estimate of drug-likeness (QED) is 0.630. The van der Waals surface area contributed by atoms with Gasteiger partial charge in [0.1, 0.15) is 9.84 Å². The Hall–Kier alpha value is -0.130. The summed E-state index contributed by atoms with van der Waals surface area (Å²) < 4.78 is 21.8. The van der Waals surface area contributed by atoms with Gasteiger partial charge in [-0.15, -0.1) is 0 Å². The van der Waals surface area contributed by atoms with Crippen LogP contribution in [0.1, 0.15) is 19.8 Å². The van der Waals surface area contributed by atoms with Crippen molar-refractivity contribution < 1.29 is 8.42 Å². The Morgan fingerprint density at radius 2 is 2.00 bits per heavy atom. The summed E-state index contributed by atoms with van der Waals surface area (Å²) in [5, 5.41) is 3.17. The predicted molar refractivity (Wildman–Crippen MR) is 67.4 cm³/mol. The molecule has 1 N–H and O–H groups in total. The maximum absolute atomic E-state index is 10.9. The molecule has 0 amide bonds. The predicted octanol–water partition coefficient (Wildman–Crippen LogP) is 0.351. The highest BCUT2D eigenvalue weighted by Gasteiger charge is 2.29. The van der Waals surface area contributed by atoms with Gasteiger partial charge < -0.3 is 10.2 Å². The minimum atomic E-state index is -2.82. The van der Waals surface area contributed by atoms with Crippen LogP contribution in [0.3, 0.4) is 0 Å². The van der Waals surface area contributed by atoms with Gasteiger partial charge in [0.25, 0.3) is 0 Å². The molecule has 4 nitrogen and oxygen atoms in total.